The van der Waals surface area contributed by atoms with E-state index in [4.69, 9.17) is 0 Å². The number of para-hydroxylation sites is 1. The van der Waals surface area contributed by atoms with Crippen molar-refractivity contribution in [1.29, 1.82) is 0 Å². The summed E-state index contributed by atoms with van der Waals surface area (Å²) in [6.45, 7) is 2.76. The minimum Gasteiger partial charge on any atom is -0.506 e. The van der Waals surface area contributed by atoms with Gasteiger partial charge in [-0.1, -0.05) is 42.5 Å². The van der Waals surface area contributed by atoms with Crippen LogP contribution >= 0.6 is 15.9 Å². The van der Waals surface area contributed by atoms with Crippen molar-refractivity contribution >= 4 is 15.9 Å². The molecular formula is C15H16BrNO. The molecule has 18 heavy (non-hydrogen) atoms. The largest absolute Gasteiger partial charge is 0.506 e. The topological polar surface area (TPSA) is 32.3 Å². The second kappa shape index (κ2) is 6.03. The van der Waals surface area contributed by atoms with Crippen LogP contribution in [0.1, 0.15) is 24.1 Å². The SMILES string of the molecule is C[C@@H](NCc1cccc(Br)c1O)c1ccccc1. The molecule has 0 saturated carbocycles. The van der Waals surface area contributed by atoms with Gasteiger partial charge in [0.05, 0.1) is 4.47 Å². The van der Waals surface area contributed by atoms with E-state index in [2.05, 4.69) is 40.3 Å². The molecule has 2 rings (SSSR count). The molecule has 0 bridgehead atoms. The van der Waals surface area contributed by atoms with E-state index in [0.717, 1.165) is 10.0 Å². The summed E-state index contributed by atoms with van der Waals surface area (Å²) in [5.74, 6) is 0.310. The second-order valence-electron chi connectivity index (χ2n) is 4.26. The van der Waals surface area contributed by atoms with Crippen molar-refractivity contribution < 1.29 is 5.11 Å². The van der Waals surface area contributed by atoms with Gasteiger partial charge in [-0.05, 0) is 34.5 Å². The van der Waals surface area contributed by atoms with E-state index in [-0.39, 0.29) is 6.04 Å². The predicted octanol–water partition coefficient (Wildman–Crippen LogP) is 4.01. The standard InChI is InChI=1S/C15H16BrNO/c1-11(12-6-3-2-4-7-12)17-10-13-8-5-9-14(16)15(13)18/h2-9,11,17-18H,10H2,1H3/t11-/m1/s1. The van der Waals surface area contributed by atoms with E-state index in [0.29, 0.717) is 12.3 Å². The van der Waals surface area contributed by atoms with Crippen molar-refractivity contribution in [2.24, 2.45) is 0 Å². The average molecular weight is 306 g/mol. The highest BCUT2D eigenvalue weighted by molar-refractivity contribution is 9.10. The number of hydrogen-bond donors (Lipinski definition) is 2. The van der Waals surface area contributed by atoms with Gasteiger partial charge in [-0.3, -0.25) is 0 Å². The molecule has 0 aromatic heterocycles. The molecule has 0 aliphatic rings. The molecule has 0 aliphatic heterocycles. The van der Waals surface area contributed by atoms with Crippen molar-refractivity contribution in [1.82, 2.24) is 5.32 Å². The van der Waals surface area contributed by atoms with Gasteiger partial charge in [0.2, 0.25) is 0 Å². The molecule has 0 fully saturated rings. The minimum atomic E-state index is 0.254. The summed E-state index contributed by atoms with van der Waals surface area (Å²) in [7, 11) is 0. The summed E-state index contributed by atoms with van der Waals surface area (Å²) in [6.07, 6.45) is 0. The molecule has 2 N–H and O–H groups in total. The number of phenolic OH excluding ortho intramolecular Hbond substituents is 1. The lowest BCUT2D eigenvalue weighted by Gasteiger charge is -2.15. The van der Waals surface area contributed by atoms with Crippen LogP contribution in [0.3, 0.4) is 0 Å². The van der Waals surface area contributed by atoms with Gasteiger partial charge in [-0.2, -0.15) is 0 Å². The van der Waals surface area contributed by atoms with Gasteiger partial charge < -0.3 is 10.4 Å². The van der Waals surface area contributed by atoms with Crippen LogP contribution in [0.2, 0.25) is 0 Å². The van der Waals surface area contributed by atoms with Crippen molar-refractivity contribution in [2.45, 2.75) is 19.5 Å². The Labute approximate surface area is 116 Å². The third-order valence-electron chi connectivity index (χ3n) is 2.97. The molecule has 0 heterocycles. The number of hydrogen-bond acceptors (Lipinski definition) is 2. The van der Waals surface area contributed by atoms with Gasteiger partial charge in [-0.25, -0.2) is 0 Å². The molecule has 0 radical (unpaired) electrons. The lowest BCUT2D eigenvalue weighted by Crippen LogP contribution is -2.18. The second-order valence-corrected chi connectivity index (χ2v) is 5.12. The van der Waals surface area contributed by atoms with Crippen LogP contribution in [-0.2, 0) is 6.54 Å². The summed E-state index contributed by atoms with van der Waals surface area (Å²) < 4.78 is 0.731. The molecule has 0 spiro atoms. The fourth-order valence-corrected chi connectivity index (χ4v) is 2.23. The van der Waals surface area contributed by atoms with Gasteiger partial charge >= 0.3 is 0 Å². The van der Waals surface area contributed by atoms with Gasteiger partial charge in [0.25, 0.3) is 0 Å². The Balaban J connectivity index is 2.02. The van der Waals surface area contributed by atoms with E-state index in [1.54, 1.807) is 0 Å². The van der Waals surface area contributed by atoms with Crippen LogP contribution in [0.4, 0.5) is 0 Å². The number of halogens is 1. The molecule has 2 nitrogen and oxygen atoms in total. The number of nitrogens with one attached hydrogen (secondary N) is 1. The molecule has 1 atom stereocenters. The van der Waals surface area contributed by atoms with Gasteiger partial charge in [0.15, 0.2) is 0 Å². The lowest BCUT2D eigenvalue weighted by molar-refractivity contribution is 0.457. The van der Waals surface area contributed by atoms with Crippen LogP contribution < -0.4 is 5.32 Å². The summed E-state index contributed by atoms with van der Waals surface area (Å²) >= 11 is 3.32. The van der Waals surface area contributed by atoms with E-state index < -0.39 is 0 Å². The zero-order chi connectivity index (χ0) is 13.0. The molecule has 3 heteroatoms. The first-order chi connectivity index (χ1) is 8.68. The number of aromatic hydroxyl groups is 1. The summed E-state index contributed by atoms with van der Waals surface area (Å²) in [5.41, 5.74) is 2.14. The first-order valence-corrected chi connectivity index (χ1v) is 6.72. The highest BCUT2D eigenvalue weighted by Gasteiger charge is 2.07. The number of phenols is 1. The Morgan fingerprint density at radius 3 is 2.56 bits per heavy atom. The predicted molar refractivity (Wildman–Crippen MR) is 77.5 cm³/mol. The van der Waals surface area contributed by atoms with Crippen LogP contribution in [0.5, 0.6) is 5.75 Å². The van der Waals surface area contributed by atoms with Crippen molar-refractivity contribution in [3.05, 3.63) is 64.1 Å². The Kier molecular flexibility index (Phi) is 4.39. The van der Waals surface area contributed by atoms with Crippen molar-refractivity contribution in [3.63, 3.8) is 0 Å². The number of rotatable bonds is 4. The summed E-state index contributed by atoms with van der Waals surface area (Å²) in [4.78, 5) is 0. The van der Waals surface area contributed by atoms with Crippen molar-refractivity contribution in [3.8, 4) is 5.75 Å². The Hall–Kier alpha value is -1.32. The fourth-order valence-electron chi connectivity index (χ4n) is 1.83. The molecule has 2 aromatic carbocycles. The van der Waals surface area contributed by atoms with E-state index in [1.165, 1.54) is 5.56 Å². The average Bonchev–Trinajstić information content (AvgIpc) is 2.41. The maximum Gasteiger partial charge on any atom is 0.134 e. The fraction of sp³-hybridized carbons (Fsp3) is 0.200. The lowest BCUT2D eigenvalue weighted by atomic mass is 10.1. The first-order valence-electron chi connectivity index (χ1n) is 5.93. The number of benzene rings is 2. The molecule has 2 aromatic rings. The van der Waals surface area contributed by atoms with Crippen LogP contribution in [-0.4, -0.2) is 5.11 Å². The van der Waals surface area contributed by atoms with Crippen molar-refractivity contribution in [2.75, 3.05) is 0 Å². The van der Waals surface area contributed by atoms with E-state index >= 15 is 0 Å². The smallest absolute Gasteiger partial charge is 0.134 e. The van der Waals surface area contributed by atoms with Crippen LogP contribution in [0.25, 0.3) is 0 Å². The molecular weight excluding hydrogens is 290 g/mol. The molecule has 0 amide bonds. The highest BCUT2D eigenvalue weighted by Crippen LogP contribution is 2.27. The van der Waals surface area contributed by atoms with E-state index in [9.17, 15) is 5.11 Å². The van der Waals surface area contributed by atoms with Crippen LogP contribution in [0, 0.1) is 0 Å². The first kappa shape index (κ1) is 13.1. The molecule has 0 saturated heterocycles. The quantitative estimate of drug-likeness (QED) is 0.894. The molecule has 94 valence electrons. The third kappa shape index (κ3) is 3.12. The maximum absolute atomic E-state index is 9.89. The Bertz CT molecular complexity index is 513. The summed E-state index contributed by atoms with van der Waals surface area (Å²) in [6, 6.07) is 16.2. The zero-order valence-electron chi connectivity index (χ0n) is 10.2. The Morgan fingerprint density at radius 1 is 1.11 bits per heavy atom. The van der Waals surface area contributed by atoms with Gasteiger partial charge in [0.1, 0.15) is 5.75 Å². The monoisotopic (exact) mass is 305 g/mol. The highest BCUT2D eigenvalue weighted by atomic mass is 79.9. The molecule has 0 unspecified atom stereocenters. The minimum absolute atomic E-state index is 0.254. The Morgan fingerprint density at radius 2 is 1.83 bits per heavy atom. The van der Waals surface area contributed by atoms with Gasteiger partial charge in [0, 0.05) is 18.2 Å². The summed E-state index contributed by atoms with van der Waals surface area (Å²) in [5, 5.41) is 13.3. The zero-order valence-corrected chi connectivity index (χ0v) is 11.8. The van der Waals surface area contributed by atoms with E-state index in [1.807, 2.05) is 36.4 Å². The normalized spacial score (nSPS) is 12.3. The maximum atomic E-state index is 9.89. The third-order valence-corrected chi connectivity index (χ3v) is 3.61. The van der Waals surface area contributed by atoms with Gasteiger partial charge in [-0.15, -0.1) is 0 Å². The van der Waals surface area contributed by atoms with Crippen LogP contribution in [0.15, 0.2) is 53.0 Å². The molecule has 0 aliphatic carbocycles.